The lowest BCUT2D eigenvalue weighted by Gasteiger charge is -2.40. The Bertz CT molecular complexity index is 537. The second-order valence-electron chi connectivity index (χ2n) is 8.52. The molecule has 8 nitrogen and oxygen atoms in total. The summed E-state index contributed by atoms with van der Waals surface area (Å²) in [5.41, 5.74) is -0.349. The second-order valence-corrected chi connectivity index (χ2v) is 12.8. The van der Waals surface area contributed by atoms with Crippen molar-refractivity contribution in [3.63, 3.8) is 0 Å². The summed E-state index contributed by atoms with van der Waals surface area (Å²) >= 11 is 0. The summed E-state index contributed by atoms with van der Waals surface area (Å²) < 4.78 is 51.2. The SMILES string of the molecule is O=P1(C2CCCCC2)ON2CCCCCCN(O1)OP(=O)(C1CCCCC1)O2. The Morgan fingerprint density at radius 1 is 0.500 bits per heavy atom. The highest BCUT2D eigenvalue weighted by atomic mass is 31.2. The van der Waals surface area contributed by atoms with E-state index in [1.165, 1.54) is 10.5 Å². The fourth-order valence-corrected chi connectivity index (χ4v) is 8.80. The standard InChI is InChI=1S/C18H34N2O6P2/c21-27(17-11-5-3-6-12-17)23-19-15-9-1-2-10-16-20(25-27)26-28(22,24-19)18-13-7-4-8-14-18/h17-18H,1-16H2. The van der Waals surface area contributed by atoms with Gasteiger partial charge in [-0.1, -0.05) is 51.4 Å². The third-order valence-electron chi connectivity index (χ3n) is 6.29. The minimum Gasteiger partial charge on any atom is -0.256 e. The molecule has 4 rings (SSSR count). The highest BCUT2D eigenvalue weighted by Crippen LogP contribution is 2.66. The van der Waals surface area contributed by atoms with Gasteiger partial charge in [-0.2, -0.15) is 18.5 Å². The van der Waals surface area contributed by atoms with Crippen molar-refractivity contribution in [1.29, 1.82) is 0 Å². The molecule has 2 saturated carbocycles. The van der Waals surface area contributed by atoms with E-state index in [9.17, 15) is 9.13 Å². The molecule has 0 aromatic carbocycles. The minimum atomic E-state index is -3.52. The Kier molecular flexibility index (Phi) is 7.33. The molecule has 2 aliphatic heterocycles. The van der Waals surface area contributed by atoms with Crippen LogP contribution < -0.4 is 0 Å². The van der Waals surface area contributed by atoms with Crippen molar-refractivity contribution in [2.75, 3.05) is 13.1 Å². The van der Waals surface area contributed by atoms with Gasteiger partial charge in [-0.3, -0.25) is 9.13 Å². The quantitative estimate of drug-likeness (QED) is 0.491. The van der Waals surface area contributed by atoms with Crippen LogP contribution in [0.25, 0.3) is 0 Å². The van der Waals surface area contributed by atoms with E-state index in [0.29, 0.717) is 13.1 Å². The number of nitrogens with zero attached hydrogens (tertiary/aromatic N) is 2. The largest absolute Gasteiger partial charge is 0.370 e. The summed E-state index contributed by atoms with van der Waals surface area (Å²) in [5.74, 6) is 0. The van der Waals surface area contributed by atoms with Crippen molar-refractivity contribution < 1.29 is 27.6 Å². The first-order valence-electron chi connectivity index (χ1n) is 11.1. The van der Waals surface area contributed by atoms with Crippen LogP contribution in [0, 0.1) is 0 Å². The Morgan fingerprint density at radius 2 is 0.821 bits per heavy atom. The van der Waals surface area contributed by atoms with Crippen molar-refractivity contribution in [2.24, 2.45) is 0 Å². The Hall–Kier alpha value is 0.220. The summed E-state index contributed by atoms with van der Waals surface area (Å²) in [6, 6.07) is 0. The molecule has 162 valence electrons. The third-order valence-corrected chi connectivity index (χ3v) is 10.8. The van der Waals surface area contributed by atoms with Crippen molar-refractivity contribution in [3.05, 3.63) is 0 Å². The van der Waals surface area contributed by atoms with Crippen LogP contribution >= 0.6 is 15.2 Å². The Labute approximate surface area is 168 Å². The van der Waals surface area contributed by atoms with Crippen LogP contribution in [0.4, 0.5) is 0 Å². The van der Waals surface area contributed by atoms with Gasteiger partial charge in [-0.05, 0) is 49.0 Å². The zero-order chi connectivity index (χ0) is 19.5. The molecular weight excluding hydrogens is 402 g/mol. The molecule has 0 amide bonds. The number of rotatable bonds is 2. The highest BCUT2D eigenvalue weighted by Gasteiger charge is 2.49. The topological polar surface area (TPSA) is 77.5 Å². The average Bonchev–Trinajstić information content (AvgIpc) is 2.76. The van der Waals surface area contributed by atoms with Crippen molar-refractivity contribution in [3.8, 4) is 0 Å². The zero-order valence-corrected chi connectivity index (χ0v) is 18.5. The van der Waals surface area contributed by atoms with Crippen LogP contribution in [0.5, 0.6) is 0 Å². The molecule has 28 heavy (non-hydrogen) atoms. The van der Waals surface area contributed by atoms with Crippen LogP contribution in [0.3, 0.4) is 0 Å². The molecule has 0 spiro atoms. The highest BCUT2D eigenvalue weighted by molar-refractivity contribution is 7.55. The maximum absolute atomic E-state index is 13.8. The lowest BCUT2D eigenvalue weighted by molar-refractivity contribution is -0.336. The van der Waals surface area contributed by atoms with Gasteiger partial charge in [0.2, 0.25) is 0 Å². The van der Waals surface area contributed by atoms with Crippen LogP contribution in [0.15, 0.2) is 0 Å². The minimum absolute atomic E-state index is 0.175. The predicted octanol–water partition coefficient (Wildman–Crippen LogP) is 5.96. The smallest absolute Gasteiger partial charge is 0.256 e. The normalized spacial score (nSPS) is 42.6. The molecule has 0 radical (unpaired) electrons. The monoisotopic (exact) mass is 436 g/mol. The van der Waals surface area contributed by atoms with Crippen LogP contribution in [-0.4, -0.2) is 34.9 Å². The summed E-state index contributed by atoms with van der Waals surface area (Å²) in [6.07, 6.45) is 13.2. The molecule has 4 aliphatic rings. The Morgan fingerprint density at radius 3 is 1.18 bits per heavy atom. The van der Waals surface area contributed by atoms with Crippen molar-refractivity contribution in [1.82, 2.24) is 10.5 Å². The van der Waals surface area contributed by atoms with Crippen molar-refractivity contribution in [2.45, 2.75) is 101 Å². The lowest BCUT2D eigenvalue weighted by atomic mass is 10.0. The van der Waals surface area contributed by atoms with Crippen LogP contribution in [-0.2, 0) is 27.6 Å². The van der Waals surface area contributed by atoms with Gasteiger partial charge in [0.1, 0.15) is 0 Å². The van der Waals surface area contributed by atoms with E-state index in [-0.39, 0.29) is 11.3 Å². The number of hydrogen-bond acceptors (Lipinski definition) is 8. The third kappa shape index (κ3) is 5.09. The van der Waals surface area contributed by atoms with Gasteiger partial charge >= 0.3 is 15.2 Å². The first-order valence-corrected chi connectivity index (χ1v) is 14.3. The maximum Gasteiger partial charge on any atom is 0.370 e. The van der Waals surface area contributed by atoms with Gasteiger partial charge < -0.3 is 0 Å². The Balaban J connectivity index is 1.61. The van der Waals surface area contributed by atoms with E-state index < -0.39 is 15.2 Å². The molecule has 0 unspecified atom stereocenters. The summed E-state index contributed by atoms with van der Waals surface area (Å²) in [7, 11) is -7.04. The summed E-state index contributed by atoms with van der Waals surface area (Å²) in [4.78, 5) is 0. The molecule has 0 N–H and O–H groups in total. The van der Waals surface area contributed by atoms with Gasteiger partial charge in [0.25, 0.3) is 0 Å². The van der Waals surface area contributed by atoms with Crippen molar-refractivity contribution >= 4 is 15.2 Å². The molecule has 0 aromatic rings. The van der Waals surface area contributed by atoms with Gasteiger partial charge in [0, 0.05) is 0 Å². The molecule has 2 bridgehead atoms. The maximum atomic E-state index is 13.8. The van der Waals surface area contributed by atoms with Gasteiger partial charge in [-0.25, -0.2) is 0 Å². The van der Waals surface area contributed by atoms with E-state index >= 15 is 0 Å². The summed E-state index contributed by atoms with van der Waals surface area (Å²) in [6.45, 7) is 0.834. The van der Waals surface area contributed by atoms with E-state index in [2.05, 4.69) is 0 Å². The molecule has 0 aromatic heterocycles. The van der Waals surface area contributed by atoms with Crippen LogP contribution in [0.2, 0.25) is 0 Å². The van der Waals surface area contributed by atoms with E-state index in [4.69, 9.17) is 18.5 Å². The number of fused-ring (bicyclic) bond motifs is 4. The predicted molar refractivity (Wildman–Crippen MR) is 105 cm³/mol. The van der Waals surface area contributed by atoms with E-state index in [1.807, 2.05) is 0 Å². The summed E-state index contributed by atoms with van der Waals surface area (Å²) in [5, 5.41) is 2.40. The van der Waals surface area contributed by atoms with Gasteiger partial charge in [0.05, 0.1) is 24.4 Å². The lowest BCUT2D eigenvalue weighted by Crippen LogP contribution is -2.37. The molecular formula is C18H34N2O6P2. The number of hydrogen-bond donors (Lipinski definition) is 0. The molecule has 2 saturated heterocycles. The van der Waals surface area contributed by atoms with E-state index in [0.717, 1.165) is 89.9 Å². The second kappa shape index (κ2) is 9.57. The van der Waals surface area contributed by atoms with E-state index in [1.54, 1.807) is 0 Å². The van der Waals surface area contributed by atoms with Crippen LogP contribution in [0.1, 0.15) is 89.9 Å². The van der Waals surface area contributed by atoms with Gasteiger partial charge in [0.15, 0.2) is 0 Å². The average molecular weight is 436 g/mol. The molecule has 2 heterocycles. The number of hydroxylamine groups is 4. The molecule has 2 aliphatic carbocycles. The molecule has 4 fully saturated rings. The first-order chi connectivity index (χ1) is 13.6. The molecule has 0 atom stereocenters. The fourth-order valence-electron chi connectivity index (χ4n) is 4.63. The fraction of sp³-hybridized carbons (Fsp3) is 1.00. The molecule has 10 heteroatoms. The zero-order valence-electron chi connectivity index (χ0n) is 16.7. The van der Waals surface area contributed by atoms with Gasteiger partial charge in [-0.15, -0.1) is 0 Å². The first kappa shape index (κ1) is 21.5.